The normalized spacial score (nSPS) is 11.7. The summed E-state index contributed by atoms with van der Waals surface area (Å²) in [4.78, 5) is 51.1. The first-order valence-corrected chi connectivity index (χ1v) is 14.4. The number of carboxylic acid groups (broad SMARTS) is 1. The highest BCUT2D eigenvalue weighted by Crippen LogP contribution is 2.27. The summed E-state index contributed by atoms with van der Waals surface area (Å²) in [6.07, 6.45) is 1.64. The van der Waals surface area contributed by atoms with Crippen LogP contribution >= 0.6 is 11.8 Å². The van der Waals surface area contributed by atoms with Crippen LogP contribution in [-0.2, 0) is 9.59 Å². The number of hydrogen-bond donors (Lipinski definition) is 4. The standard InChI is InChI=1S/C34H31N3O5S/c1-21-9-7-8-12-25(21)19-30(37-32(39)24-10-5-4-6-11-24)33(40)35-27-15-17-28(18-16-27)43-23(3)31(38)36-29-20-26(34(41)42)14-13-22(29)2/h4-20,23H,1-3H3,(H,35,40)(H,36,38)(H,37,39)(H,41,42)/b30-19-. The van der Waals surface area contributed by atoms with Gasteiger partial charge in [-0.1, -0.05) is 48.5 Å². The van der Waals surface area contributed by atoms with Gasteiger partial charge in [-0.2, -0.15) is 0 Å². The number of benzene rings is 4. The Bertz CT molecular complexity index is 1680. The summed E-state index contributed by atoms with van der Waals surface area (Å²) in [6, 6.07) is 27.8. The Kier molecular flexibility index (Phi) is 10.1. The first-order chi connectivity index (χ1) is 20.6. The third-order valence-corrected chi connectivity index (χ3v) is 7.67. The van der Waals surface area contributed by atoms with E-state index in [0.29, 0.717) is 16.9 Å². The average Bonchev–Trinajstić information content (AvgIpc) is 3.00. The fraction of sp³-hybridized carbons (Fsp3) is 0.118. The highest BCUT2D eigenvalue weighted by molar-refractivity contribution is 8.00. The summed E-state index contributed by atoms with van der Waals surface area (Å²) in [5.41, 5.74) is 4.07. The summed E-state index contributed by atoms with van der Waals surface area (Å²) in [5, 5.41) is 17.1. The molecule has 8 nitrogen and oxygen atoms in total. The third kappa shape index (κ3) is 8.43. The Balaban J connectivity index is 1.43. The predicted molar refractivity (Wildman–Crippen MR) is 170 cm³/mol. The second kappa shape index (κ2) is 14.2. The summed E-state index contributed by atoms with van der Waals surface area (Å²) < 4.78 is 0. The molecule has 0 aliphatic rings. The second-order valence-electron chi connectivity index (χ2n) is 9.80. The van der Waals surface area contributed by atoms with Crippen molar-refractivity contribution in [1.29, 1.82) is 0 Å². The quantitative estimate of drug-likeness (QED) is 0.122. The van der Waals surface area contributed by atoms with Crippen molar-refractivity contribution >= 4 is 52.9 Å². The van der Waals surface area contributed by atoms with Crippen LogP contribution in [0.2, 0.25) is 0 Å². The van der Waals surface area contributed by atoms with Gasteiger partial charge in [-0.25, -0.2) is 4.79 Å². The van der Waals surface area contributed by atoms with Gasteiger partial charge in [-0.15, -0.1) is 11.8 Å². The van der Waals surface area contributed by atoms with Gasteiger partial charge in [0, 0.05) is 21.8 Å². The van der Waals surface area contributed by atoms with Gasteiger partial charge in [-0.3, -0.25) is 14.4 Å². The molecular weight excluding hydrogens is 562 g/mol. The van der Waals surface area contributed by atoms with Crippen molar-refractivity contribution in [1.82, 2.24) is 5.32 Å². The van der Waals surface area contributed by atoms with Gasteiger partial charge in [0.2, 0.25) is 5.91 Å². The summed E-state index contributed by atoms with van der Waals surface area (Å²) in [5.74, 6) is -2.23. The molecule has 4 aromatic rings. The Morgan fingerprint density at radius 1 is 0.767 bits per heavy atom. The first-order valence-electron chi connectivity index (χ1n) is 13.5. The van der Waals surface area contributed by atoms with Gasteiger partial charge in [0.1, 0.15) is 5.70 Å². The van der Waals surface area contributed by atoms with E-state index in [1.165, 1.54) is 23.9 Å². The summed E-state index contributed by atoms with van der Waals surface area (Å²) in [6.45, 7) is 5.47. The second-order valence-corrected chi connectivity index (χ2v) is 11.2. The fourth-order valence-electron chi connectivity index (χ4n) is 4.04. The van der Waals surface area contributed by atoms with Crippen LogP contribution in [0.4, 0.5) is 11.4 Å². The molecule has 0 radical (unpaired) electrons. The molecule has 218 valence electrons. The molecule has 9 heteroatoms. The molecule has 0 saturated carbocycles. The van der Waals surface area contributed by atoms with Crippen molar-refractivity contribution in [2.45, 2.75) is 30.9 Å². The van der Waals surface area contributed by atoms with Crippen molar-refractivity contribution in [3.63, 3.8) is 0 Å². The van der Waals surface area contributed by atoms with E-state index in [9.17, 15) is 24.3 Å². The van der Waals surface area contributed by atoms with E-state index in [2.05, 4.69) is 16.0 Å². The Hall–Kier alpha value is -5.15. The third-order valence-electron chi connectivity index (χ3n) is 6.55. The molecule has 0 aliphatic heterocycles. The lowest BCUT2D eigenvalue weighted by molar-refractivity contribution is -0.115. The highest BCUT2D eigenvalue weighted by atomic mass is 32.2. The molecule has 0 bridgehead atoms. The van der Waals surface area contributed by atoms with Crippen molar-refractivity contribution in [3.8, 4) is 0 Å². The Morgan fingerprint density at radius 2 is 1.44 bits per heavy atom. The summed E-state index contributed by atoms with van der Waals surface area (Å²) in [7, 11) is 0. The van der Waals surface area contributed by atoms with Crippen LogP contribution in [0, 0.1) is 13.8 Å². The van der Waals surface area contributed by atoms with Crippen LogP contribution in [0.1, 0.15) is 44.3 Å². The van der Waals surface area contributed by atoms with Crippen molar-refractivity contribution in [2.75, 3.05) is 10.6 Å². The molecule has 43 heavy (non-hydrogen) atoms. The Morgan fingerprint density at radius 3 is 2.12 bits per heavy atom. The maximum absolute atomic E-state index is 13.3. The van der Waals surface area contributed by atoms with E-state index in [1.807, 2.05) is 37.3 Å². The zero-order valence-corrected chi connectivity index (χ0v) is 24.7. The first kappa shape index (κ1) is 30.8. The van der Waals surface area contributed by atoms with E-state index in [0.717, 1.165) is 21.6 Å². The van der Waals surface area contributed by atoms with E-state index in [-0.39, 0.29) is 17.2 Å². The van der Waals surface area contributed by atoms with Crippen molar-refractivity contribution < 1.29 is 24.3 Å². The minimum Gasteiger partial charge on any atom is -0.478 e. The molecule has 1 atom stereocenters. The Labute approximate surface area is 254 Å². The monoisotopic (exact) mass is 593 g/mol. The molecule has 0 heterocycles. The number of aryl methyl sites for hydroxylation is 2. The van der Waals surface area contributed by atoms with Crippen LogP contribution < -0.4 is 16.0 Å². The molecule has 0 aliphatic carbocycles. The van der Waals surface area contributed by atoms with E-state index in [4.69, 9.17) is 0 Å². The SMILES string of the molecule is Cc1ccccc1/C=C(\NC(=O)c1ccccc1)C(=O)Nc1ccc(SC(C)C(=O)Nc2cc(C(=O)O)ccc2C)cc1. The number of nitrogens with one attached hydrogen (secondary N) is 3. The number of anilines is 2. The number of carboxylic acids is 1. The molecule has 3 amide bonds. The number of amides is 3. The van der Waals surface area contributed by atoms with Crippen molar-refractivity contribution in [3.05, 3.63) is 131 Å². The molecule has 4 aromatic carbocycles. The van der Waals surface area contributed by atoms with Crippen LogP contribution in [-0.4, -0.2) is 34.0 Å². The largest absolute Gasteiger partial charge is 0.478 e. The van der Waals surface area contributed by atoms with Gasteiger partial charge < -0.3 is 21.1 Å². The molecule has 1 unspecified atom stereocenters. The minimum absolute atomic E-state index is 0.0918. The number of rotatable bonds is 10. The topological polar surface area (TPSA) is 125 Å². The lowest BCUT2D eigenvalue weighted by Crippen LogP contribution is -2.30. The van der Waals surface area contributed by atoms with Crippen LogP contribution in [0.15, 0.2) is 108 Å². The molecule has 0 saturated heterocycles. The van der Waals surface area contributed by atoms with Gasteiger partial charge in [0.05, 0.1) is 10.8 Å². The van der Waals surface area contributed by atoms with E-state index < -0.39 is 23.0 Å². The summed E-state index contributed by atoms with van der Waals surface area (Å²) >= 11 is 1.32. The van der Waals surface area contributed by atoms with E-state index >= 15 is 0 Å². The number of thioether (sulfide) groups is 1. The van der Waals surface area contributed by atoms with E-state index in [1.54, 1.807) is 74.5 Å². The van der Waals surface area contributed by atoms with Crippen molar-refractivity contribution in [2.24, 2.45) is 0 Å². The molecule has 0 spiro atoms. The maximum Gasteiger partial charge on any atom is 0.335 e. The molecule has 0 aromatic heterocycles. The number of hydrogen-bond acceptors (Lipinski definition) is 5. The van der Waals surface area contributed by atoms with Gasteiger partial charge >= 0.3 is 5.97 Å². The molecular formula is C34H31N3O5S. The maximum atomic E-state index is 13.3. The van der Waals surface area contributed by atoms with Gasteiger partial charge in [0.25, 0.3) is 11.8 Å². The smallest absolute Gasteiger partial charge is 0.335 e. The number of carbonyl (C=O) groups is 4. The van der Waals surface area contributed by atoms with Crippen LogP contribution in [0.3, 0.4) is 0 Å². The minimum atomic E-state index is -1.07. The molecule has 4 rings (SSSR count). The number of carbonyl (C=O) groups excluding carboxylic acids is 3. The molecule has 4 N–H and O–H groups in total. The van der Waals surface area contributed by atoms with Gasteiger partial charge in [0.15, 0.2) is 0 Å². The lowest BCUT2D eigenvalue weighted by atomic mass is 10.1. The van der Waals surface area contributed by atoms with Crippen LogP contribution in [0.25, 0.3) is 6.08 Å². The predicted octanol–water partition coefficient (Wildman–Crippen LogP) is 6.53. The highest BCUT2D eigenvalue weighted by Gasteiger charge is 2.18. The lowest BCUT2D eigenvalue weighted by Gasteiger charge is -2.15. The molecule has 0 fully saturated rings. The average molecular weight is 594 g/mol. The fourth-order valence-corrected chi connectivity index (χ4v) is 4.91. The zero-order chi connectivity index (χ0) is 30.9. The van der Waals surface area contributed by atoms with Crippen LogP contribution in [0.5, 0.6) is 0 Å². The zero-order valence-electron chi connectivity index (χ0n) is 23.9. The number of aromatic carboxylic acids is 1. The van der Waals surface area contributed by atoms with Gasteiger partial charge in [-0.05, 0) is 92.1 Å².